The molecule has 1 fully saturated rings. The third-order valence-electron chi connectivity index (χ3n) is 3.77. The molecule has 2 atom stereocenters. The molecule has 5 heteroatoms. The molecule has 0 saturated heterocycles. The Morgan fingerprint density at radius 2 is 2.42 bits per heavy atom. The molecule has 0 bridgehead atoms. The Morgan fingerprint density at radius 1 is 1.63 bits per heavy atom. The Morgan fingerprint density at radius 3 is 3.05 bits per heavy atom. The van der Waals surface area contributed by atoms with Crippen LogP contribution in [0.1, 0.15) is 37.5 Å². The van der Waals surface area contributed by atoms with Gasteiger partial charge in [-0.3, -0.25) is 4.79 Å². The molecule has 1 aliphatic rings. The number of hydrogen-bond acceptors (Lipinski definition) is 3. The molecule has 2 rings (SSSR count). The maximum Gasteiger partial charge on any atom is 0.240 e. The maximum atomic E-state index is 12.2. The van der Waals surface area contributed by atoms with Crippen LogP contribution in [-0.4, -0.2) is 18.0 Å². The van der Waals surface area contributed by atoms with Gasteiger partial charge in [0.05, 0.1) is 9.33 Å². The standard InChI is InChI=1S/C14H21BrN2OS/c1-10-3-2-7-14(16,9-10)13(18)17-8-6-11-4-5-12(15)19-11/h4-5,10H,2-3,6-9,16H2,1H3,(H,17,18). The number of thiophene rings is 1. The van der Waals surface area contributed by atoms with Gasteiger partial charge in [0.2, 0.25) is 5.91 Å². The Hall–Kier alpha value is -0.390. The van der Waals surface area contributed by atoms with Gasteiger partial charge in [0.1, 0.15) is 0 Å². The topological polar surface area (TPSA) is 55.1 Å². The quantitative estimate of drug-likeness (QED) is 0.881. The second-order valence-corrected chi connectivity index (χ2v) is 8.12. The normalized spacial score (nSPS) is 27.2. The SMILES string of the molecule is CC1CCCC(N)(C(=O)NCCc2ccc(Br)s2)C1. The van der Waals surface area contributed by atoms with Crippen LogP contribution in [0.15, 0.2) is 15.9 Å². The van der Waals surface area contributed by atoms with E-state index >= 15 is 0 Å². The maximum absolute atomic E-state index is 12.2. The first-order chi connectivity index (χ1) is 8.99. The number of nitrogens with two attached hydrogens (primary N) is 1. The van der Waals surface area contributed by atoms with Gasteiger partial charge in [-0.1, -0.05) is 19.8 Å². The Bertz CT molecular complexity index is 448. The van der Waals surface area contributed by atoms with Crippen molar-refractivity contribution in [3.8, 4) is 0 Å². The summed E-state index contributed by atoms with van der Waals surface area (Å²) in [5.41, 5.74) is 5.61. The summed E-state index contributed by atoms with van der Waals surface area (Å²) >= 11 is 5.15. The first kappa shape index (κ1) is 15.0. The molecule has 3 nitrogen and oxygen atoms in total. The molecule has 1 aromatic rings. The van der Waals surface area contributed by atoms with Crippen LogP contribution < -0.4 is 11.1 Å². The average Bonchev–Trinajstić information content (AvgIpc) is 2.74. The average molecular weight is 345 g/mol. The summed E-state index contributed by atoms with van der Waals surface area (Å²) in [4.78, 5) is 13.5. The summed E-state index contributed by atoms with van der Waals surface area (Å²) in [7, 11) is 0. The Labute approximate surface area is 127 Å². The lowest BCUT2D eigenvalue weighted by Crippen LogP contribution is -2.56. The molecule has 19 heavy (non-hydrogen) atoms. The molecule has 1 heterocycles. The zero-order chi connectivity index (χ0) is 13.9. The van der Waals surface area contributed by atoms with Gasteiger partial charge >= 0.3 is 0 Å². The second kappa shape index (κ2) is 6.37. The zero-order valence-corrected chi connectivity index (χ0v) is 13.6. The monoisotopic (exact) mass is 344 g/mol. The number of hydrogen-bond donors (Lipinski definition) is 2. The number of rotatable bonds is 4. The third kappa shape index (κ3) is 4.04. The van der Waals surface area contributed by atoms with Gasteiger partial charge in [0, 0.05) is 11.4 Å². The minimum absolute atomic E-state index is 0.0228. The summed E-state index contributed by atoms with van der Waals surface area (Å²) in [5.74, 6) is 0.576. The molecular formula is C14H21BrN2OS. The number of halogens is 1. The second-order valence-electron chi connectivity index (χ2n) is 5.57. The highest BCUT2D eigenvalue weighted by Crippen LogP contribution is 2.30. The van der Waals surface area contributed by atoms with Gasteiger partial charge in [0.25, 0.3) is 0 Å². The van der Waals surface area contributed by atoms with Crippen molar-refractivity contribution in [2.24, 2.45) is 11.7 Å². The fourth-order valence-electron chi connectivity index (χ4n) is 2.76. The van der Waals surface area contributed by atoms with Gasteiger partial charge < -0.3 is 11.1 Å². The van der Waals surface area contributed by atoms with E-state index < -0.39 is 5.54 Å². The lowest BCUT2D eigenvalue weighted by molar-refractivity contribution is -0.128. The minimum Gasteiger partial charge on any atom is -0.354 e. The van der Waals surface area contributed by atoms with Crippen molar-refractivity contribution in [2.75, 3.05) is 6.54 Å². The highest BCUT2D eigenvalue weighted by molar-refractivity contribution is 9.11. The van der Waals surface area contributed by atoms with E-state index in [2.05, 4.69) is 34.2 Å². The van der Waals surface area contributed by atoms with E-state index in [1.165, 1.54) is 11.3 Å². The van der Waals surface area contributed by atoms with Crippen molar-refractivity contribution in [3.05, 3.63) is 20.8 Å². The van der Waals surface area contributed by atoms with Gasteiger partial charge in [-0.25, -0.2) is 0 Å². The van der Waals surface area contributed by atoms with Crippen LogP contribution in [0.2, 0.25) is 0 Å². The Balaban J connectivity index is 1.80. The van der Waals surface area contributed by atoms with Crippen LogP contribution in [0, 0.1) is 5.92 Å². The molecule has 1 aliphatic carbocycles. The minimum atomic E-state index is -0.645. The number of carbonyl (C=O) groups is 1. The van der Waals surface area contributed by atoms with Crippen molar-refractivity contribution in [3.63, 3.8) is 0 Å². The van der Waals surface area contributed by atoms with E-state index in [0.29, 0.717) is 12.5 Å². The van der Waals surface area contributed by atoms with Crippen LogP contribution in [-0.2, 0) is 11.2 Å². The lowest BCUT2D eigenvalue weighted by atomic mass is 9.76. The van der Waals surface area contributed by atoms with Gasteiger partial charge in [-0.05, 0) is 53.2 Å². The summed E-state index contributed by atoms with van der Waals surface area (Å²) in [5, 5.41) is 3.00. The molecule has 1 saturated carbocycles. The predicted octanol–water partition coefficient (Wildman–Crippen LogP) is 3.08. The highest BCUT2D eigenvalue weighted by atomic mass is 79.9. The summed E-state index contributed by atoms with van der Waals surface area (Å²) in [6.45, 7) is 2.84. The Kier molecular flexibility index (Phi) is 5.03. The molecule has 0 radical (unpaired) electrons. The van der Waals surface area contributed by atoms with Gasteiger partial charge in [0.15, 0.2) is 0 Å². The van der Waals surface area contributed by atoms with E-state index in [1.807, 2.05) is 6.07 Å². The van der Waals surface area contributed by atoms with E-state index in [1.54, 1.807) is 11.3 Å². The fourth-order valence-corrected chi connectivity index (χ4v) is 4.24. The molecule has 2 unspecified atom stereocenters. The van der Waals surface area contributed by atoms with Crippen LogP contribution in [0.5, 0.6) is 0 Å². The van der Waals surface area contributed by atoms with E-state index in [0.717, 1.165) is 29.5 Å². The molecule has 0 aromatic carbocycles. The van der Waals surface area contributed by atoms with E-state index in [4.69, 9.17) is 5.73 Å². The zero-order valence-electron chi connectivity index (χ0n) is 11.2. The smallest absolute Gasteiger partial charge is 0.240 e. The highest BCUT2D eigenvalue weighted by Gasteiger charge is 2.37. The lowest BCUT2D eigenvalue weighted by Gasteiger charge is -2.35. The molecule has 1 amide bonds. The molecule has 1 aromatic heterocycles. The largest absolute Gasteiger partial charge is 0.354 e. The first-order valence-electron chi connectivity index (χ1n) is 6.81. The van der Waals surface area contributed by atoms with Gasteiger partial charge in [-0.2, -0.15) is 0 Å². The molecule has 106 valence electrons. The summed E-state index contributed by atoms with van der Waals surface area (Å²) in [6.07, 6.45) is 4.74. The van der Waals surface area contributed by atoms with E-state index in [-0.39, 0.29) is 5.91 Å². The predicted molar refractivity (Wildman–Crippen MR) is 83.3 cm³/mol. The summed E-state index contributed by atoms with van der Waals surface area (Å²) < 4.78 is 1.13. The fraction of sp³-hybridized carbons (Fsp3) is 0.643. The van der Waals surface area contributed by atoms with Crippen LogP contribution in [0.25, 0.3) is 0 Å². The number of amides is 1. The van der Waals surface area contributed by atoms with Crippen molar-refractivity contribution in [1.82, 2.24) is 5.32 Å². The first-order valence-corrected chi connectivity index (χ1v) is 8.42. The van der Waals surface area contributed by atoms with E-state index in [9.17, 15) is 4.79 Å². The third-order valence-corrected chi connectivity index (χ3v) is 5.45. The summed E-state index contributed by atoms with van der Waals surface area (Å²) in [6, 6.07) is 4.12. The van der Waals surface area contributed by atoms with Crippen molar-refractivity contribution in [2.45, 2.75) is 44.6 Å². The van der Waals surface area contributed by atoms with Crippen molar-refractivity contribution >= 4 is 33.2 Å². The van der Waals surface area contributed by atoms with Crippen LogP contribution >= 0.6 is 27.3 Å². The number of carbonyl (C=O) groups excluding carboxylic acids is 1. The van der Waals surface area contributed by atoms with Crippen LogP contribution in [0.4, 0.5) is 0 Å². The molecule has 3 N–H and O–H groups in total. The van der Waals surface area contributed by atoms with Crippen LogP contribution in [0.3, 0.4) is 0 Å². The van der Waals surface area contributed by atoms with Gasteiger partial charge in [-0.15, -0.1) is 11.3 Å². The van der Waals surface area contributed by atoms with Crippen molar-refractivity contribution < 1.29 is 4.79 Å². The molecular weight excluding hydrogens is 324 g/mol. The van der Waals surface area contributed by atoms with Crippen molar-refractivity contribution in [1.29, 1.82) is 0 Å². The number of nitrogens with one attached hydrogen (secondary N) is 1. The molecule has 0 spiro atoms. The molecule has 0 aliphatic heterocycles.